The van der Waals surface area contributed by atoms with Crippen LogP contribution in [-0.2, 0) is 10.0 Å². The van der Waals surface area contributed by atoms with Gasteiger partial charge in [0, 0.05) is 17.3 Å². The third-order valence-electron chi connectivity index (χ3n) is 2.70. The second-order valence-electron chi connectivity index (χ2n) is 6.16. The molecule has 2 N–H and O–H groups in total. The minimum atomic E-state index is -3.67. The summed E-state index contributed by atoms with van der Waals surface area (Å²) in [6.07, 6.45) is 0. The lowest BCUT2D eigenvalue weighted by atomic mass is 10.1. The van der Waals surface area contributed by atoms with Gasteiger partial charge in [-0.25, -0.2) is 13.1 Å². The summed E-state index contributed by atoms with van der Waals surface area (Å²) in [5, 5.41) is 6.21. The lowest BCUT2D eigenvalue weighted by Gasteiger charge is -2.20. The van der Waals surface area contributed by atoms with Gasteiger partial charge in [-0.2, -0.15) is 0 Å². The van der Waals surface area contributed by atoms with Gasteiger partial charge in [-0.3, -0.25) is 4.79 Å². The third kappa shape index (κ3) is 4.64. The van der Waals surface area contributed by atoms with E-state index in [2.05, 4.69) is 15.2 Å². The molecule has 0 spiro atoms. The lowest BCUT2D eigenvalue weighted by molar-refractivity contribution is 0.101. The van der Waals surface area contributed by atoms with E-state index in [1.165, 1.54) is 18.2 Å². The first-order chi connectivity index (χ1) is 10.6. The molecule has 1 aromatic carbocycles. The highest BCUT2D eigenvalue weighted by molar-refractivity contribution is 7.89. The Kier molecular flexibility index (Phi) is 4.58. The SMILES string of the molecule is Cc1cc(C(=O)Nc2cccc(S(=O)(=O)NC(C)(C)C)c2)no1. The Morgan fingerprint density at radius 2 is 1.91 bits per heavy atom. The van der Waals surface area contributed by atoms with Gasteiger partial charge in [0.2, 0.25) is 10.0 Å². The fourth-order valence-electron chi connectivity index (χ4n) is 1.87. The van der Waals surface area contributed by atoms with Gasteiger partial charge in [0.05, 0.1) is 4.90 Å². The Bertz CT molecular complexity index is 819. The molecule has 0 radical (unpaired) electrons. The van der Waals surface area contributed by atoms with Gasteiger partial charge < -0.3 is 9.84 Å². The van der Waals surface area contributed by atoms with Crippen LogP contribution in [-0.4, -0.2) is 25.0 Å². The normalized spacial score (nSPS) is 12.2. The molecule has 7 nitrogen and oxygen atoms in total. The number of carbonyl (C=O) groups is 1. The fraction of sp³-hybridized carbons (Fsp3) is 0.333. The van der Waals surface area contributed by atoms with Crippen LogP contribution in [0.25, 0.3) is 0 Å². The highest BCUT2D eigenvalue weighted by Gasteiger charge is 2.22. The molecule has 0 saturated carbocycles. The van der Waals surface area contributed by atoms with Crippen LogP contribution >= 0.6 is 0 Å². The first-order valence-corrected chi connectivity index (χ1v) is 8.44. The maximum atomic E-state index is 12.3. The standard InChI is InChI=1S/C15H19N3O4S/c1-10-8-13(17-22-10)14(19)16-11-6-5-7-12(9-11)23(20,21)18-15(2,3)4/h5-9,18H,1-4H3,(H,16,19). The molecule has 8 heteroatoms. The summed E-state index contributed by atoms with van der Waals surface area (Å²) >= 11 is 0. The van der Waals surface area contributed by atoms with Gasteiger partial charge in [0.25, 0.3) is 5.91 Å². The summed E-state index contributed by atoms with van der Waals surface area (Å²) < 4.78 is 32.0. The molecule has 2 aromatic rings. The molecule has 2 rings (SSSR count). The summed E-state index contributed by atoms with van der Waals surface area (Å²) in [5.74, 6) is 0.0426. The average Bonchev–Trinajstić information content (AvgIpc) is 2.83. The number of hydrogen-bond acceptors (Lipinski definition) is 5. The summed E-state index contributed by atoms with van der Waals surface area (Å²) in [6, 6.07) is 7.50. The number of nitrogens with one attached hydrogen (secondary N) is 2. The van der Waals surface area contributed by atoms with Crippen molar-refractivity contribution in [2.24, 2.45) is 0 Å². The van der Waals surface area contributed by atoms with E-state index in [1.54, 1.807) is 39.8 Å². The Morgan fingerprint density at radius 1 is 1.22 bits per heavy atom. The van der Waals surface area contributed by atoms with Crippen molar-refractivity contribution in [3.63, 3.8) is 0 Å². The number of benzene rings is 1. The van der Waals surface area contributed by atoms with Crippen molar-refractivity contribution < 1.29 is 17.7 Å². The van der Waals surface area contributed by atoms with Crippen molar-refractivity contribution in [1.82, 2.24) is 9.88 Å². The fourth-order valence-corrected chi connectivity index (χ4v) is 3.34. The van der Waals surface area contributed by atoms with Crippen LogP contribution in [0.4, 0.5) is 5.69 Å². The molecule has 1 heterocycles. The zero-order valence-electron chi connectivity index (χ0n) is 13.4. The molecule has 0 aliphatic rings. The molecule has 124 valence electrons. The minimum absolute atomic E-state index is 0.0709. The van der Waals surface area contributed by atoms with Gasteiger partial charge in [-0.05, 0) is 45.9 Å². The molecular formula is C15H19N3O4S. The predicted octanol–water partition coefficient (Wildman–Crippen LogP) is 2.31. The van der Waals surface area contributed by atoms with Crippen molar-refractivity contribution >= 4 is 21.6 Å². The van der Waals surface area contributed by atoms with E-state index in [0.717, 1.165) is 0 Å². The number of hydrogen-bond donors (Lipinski definition) is 2. The molecule has 0 fully saturated rings. The van der Waals surface area contributed by atoms with Gasteiger partial charge in [0.15, 0.2) is 5.69 Å². The maximum Gasteiger partial charge on any atom is 0.277 e. The van der Waals surface area contributed by atoms with Crippen molar-refractivity contribution in [1.29, 1.82) is 0 Å². The summed E-state index contributed by atoms with van der Waals surface area (Å²) in [4.78, 5) is 12.1. The first-order valence-electron chi connectivity index (χ1n) is 6.95. The van der Waals surface area contributed by atoms with Gasteiger partial charge in [-0.15, -0.1) is 0 Å². The molecule has 1 aromatic heterocycles. The molecular weight excluding hydrogens is 318 g/mol. The highest BCUT2D eigenvalue weighted by atomic mass is 32.2. The van der Waals surface area contributed by atoms with Crippen molar-refractivity contribution in [2.45, 2.75) is 38.1 Å². The van der Waals surface area contributed by atoms with Crippen LogP contribution in [0.2, 0.25) is 0 Å². The zero-order chi connectivity index (χ0) is 17.3. The van der Waals surface area contributed by atoms with E-state index in [0.29, 0.717) is 11.4 Å². The first kappa shape index (κ1) is 17.2. The van der Waals surface area contributed by atoms with E-state index in [1.807, 2.05) is 0 Å². The van der Waals surface area contributed by atoms with E-state index in [4.69, 9.17) is 4.52 Å². The van der Waals surface area contributed by atoms with Crippen LogP contribution in [0.1, 0.15) is 37.0 Å². The molecule has 0 aliphatic carbocycles. The van der Waals surface area contributed by atoms with Crippen molar-refractivity contribution in [3.05, 3.63) is 41.8 Å². The number of sulfonamides is 1. The van der Waals surface area contributed by atoms with Crippen LogP contribution in [0.3, 0.4) is 0 Å². The summed E-state index contributed by atoms with van der Waals surface area (Å²) in [7, 11) is -3.67. The monoisotopic (exact) mass is 337 g/mol. The van der Waals surface area contributed by atoms with Crippen molar-refractivity contribution in [3.8, 4) is 0 Å². The smallest absolute Gasteiger partial charge is 0.277 e. The van der Waals surface area contributed by atoms with Gasteiger partial charge in [0.1, 0.15) is 5.76 Å². The summed E-state index contributed by atoms with van der Waals surface area (Å²) in [6.45, 7) is 6.93. The number of amides is 1. The minimum Gasteiger partial charge on any atom is -0.361 e. The quantitative estimate of drug-likeness (QED) is 0.891. The van der Waals surface area contributed by atoms with Crippen LogP contribution in [0.15, 0.2) is 39.8 Å². The molecule has 0 aliphatic heterocycles. The van der Waals surface area contributed by atoms with Crippen molar-refractivity contribution in [2.75, 3.05) is 5.32 Å². The second kappa shape index (κ2) is 6.13. The number of rotatable bonds is 4. The Morgan fingerprint density at radius 3 is 2.48 bits per heavy atom. The maximum absolute atomic E-state index is 12.3. The van der Waals surface area contributed by atoms with E-state index < -0.39 is 21.5 Å². The molecule has 1 amide bonds. The Labute approximate surface area is 135 Å². The number of carbonyl (C=O) groups excluding carboxylic acids is 1. The van der Waals surface area contributed by atoms with Crippen LogP contribution in [0.5, 0.6) is 0 Å². The number of aromatic nitrogens is 1. The molecule has 0 unspecified atom stereocenters. The van der Waals surface area contributed by atoms with Gasteiger partial charge >= 0.3 is 0 Å². The largest absolute Gasteiger partial charge is 0.361 e. The van der Waals surface area contributed by atoms with E-state index in [-0.39, 0.29) is 10.6 Å². The van der Waals surface area contributed by atoms with Crippen LogP contribution < -0.4 is 10.0 Å². The topological polar surface area (TPSA) is 101 Å². The summed E-state index contributed by atoms with van der Waals surface area (Å²) in [5.41, 5.74) is -0.118. The van der Waals surface area contributed by atoms with E-state index in [9.17, 15) is 13.2 Å². The average molecular weight is 337 g/mol. The zero-order valence-corrected chi connectivity index (χ0v) is 14.2. The number of nitrogens with zero attached hydrogens (tertiary/aromatic N) is 1. The number of anilines is 1. The second-order valence-corrected chi connectivity index (χ2v) is 7.84. The van der Waals surface area contributed by atoms with Gasteiger partial charge in [-0.1, -0.05) is 11.2 Å². The van der Waals surface area contributed by atoms with E-state index >= 15 is 0 Å². The molecule has 23 heavy (non-hydrogen) atoms. The highest BCUT2D eigenvalue weighted by Crippen LogP contribution is 2.18. The molecule has 0 bridgehead atoms. The molecule has 0 atom stereocenters. The van der Waals surface area contributed by atoms with Crippen LogP contribution in [0, 0.1) is 6.92 Å². The molecule has 0 saturated heterocycles. The third-order valence-corrected chi connectivity index (χ3v) is 4.46. The lowest BCUT2D eigenvalue weighted by Crippen LogP contribution is -2.40. The number of aryl methyl sites for hydroxylation is 1. The Balaban J connectivity index is 2.22. The predicted molar refractivity (Wildman–Crippen MR) is 85.7 cm³/mol. The Hall–Kier alpha value is -2.19.